The Kier molecular flexibility index (Phi) is 7.59. The normalized spacial score (nSPS) is 16.9. The molecular weight excluding hydrogens is 529 g/mol. The molecular formula is C28H31Cl2N3O3S. The summed E-state index contributed by atoms with van der Waals surface area (Å²) < 4.78 is 32.9. The van der Waals surface area contributed by atoms with E-state index in [1.54, 1.807) is 18.2 Å². The molecule has 9 heteroatoms. The van der Waals surface area contributed by atoms with Gasteiger partial charge in [-0.25, -0.2) is 8.42 Å². The third-order valence-electron chi connectivity index (χ3n) is 7.36. The lowest BCUT2D eigenvalue weighted by atomic mass is 10.0. The van der Waals surface area contributed by atoms with E-state index in [2.05, 4.69) is 21.7 Å². The van der Waals surface area contributed by atoms with Crippen LogP contribution in [0.4, 0.5) is 11.4 Å². The molecule has 3 aromatic rings. The third kappa shape index (κ3) is 5.28. The molecule has 0 radical (unpaired) electrons. The van der Waals surface area contributed by atoms with Crippen LogP contribution in [0.3, 0.4) is 0 Å². The molecule has 1 saturated heterocycles. The summed E-state index contributed by atoms with van der Waals surface area (Å²) >= 11 is 12.6. The lowest BCUT2D eigenvalue weighted by Crippen LogP contribution is -2.46. The van der Waals surface area contributed by atoms with Gasteiger partial charge in [-0.15, -0.1) is 0 Å². The molecule has 2 aliphatic rings. The first kappa shape index (κ1) is 26.2. The van der Waals surface area contributed by atoms with Gasteiger partial charge in [0.05, 0.1) is 27.7 Å². The van der Waals surface area contributed by atoms with E-state index in [0.29, 0.717) is 15.8 Å². The SMILES string of the molecule is COc1cc2c(cc1S(=O)(=O)c1ccc(N3CCN(c4cccc(Cl)c4Cl)CC3)cc1)CCN(C)CC2. The summed E-state index contributed by atoms with van der Waals surface area (Å²) in [6, 6.07) is 16.6. The Morgan fingerprint density at radius 1 is 0.811 bits per heavy atom. The van der Waals surface area contributed by atoms with Gasteiger partial charge in [-0.3, -0.25) is 0 Å². The zero-order chi connectivity index (χ0) is 26.2. The number of benzene rings is 3. The molecule has 0 spiro atoms. The van der Waals surface area contributed by atoms with E-state index in [1.807, 2.05) is 36.4 Å². The summed E-state index contributed by atoms with van der Waals surface area (Å²) in [5.41, 5.74) is 4.18. The standard InChI is InChI=1S/C28H31Cl2N3O3S/c1-31-12-10-20-18-26(36-2)27(19-21(20)11-13-31)37(34,35)23-8-6-22(7-9-23)32-14-16-33(17-15-32)25-5-3-4-24(29)28(25)30/h3-9,18-19H,10-17H2,1-2H3. The van der Waals surface area contributed by atoms with E-state index < -0.39 is 9.84 Å². The number of hydrogen-bond donors (Lipinski definition) is 0. The van der Waals surface area contributed by atoms with Gasteiger partial charge < -0.3 is 19.4 Å². The number of likely N-dealkylation sites (N-methyl/N-ethyl adjacent to an activating group) is 1. The predicted molar refractivity (Wildman–Crippen MR) is 151 cm³/mol. The summed E-state index contributed by atoms with van der Waals surface area (Å²) in [5, 5.41) is 1.13. The maximum Gasteiger partial charge on any atom is 0.210 e. The minimum Gasteiger partial charge on any atom is -0.495 e. The molecule has 0 saturated carbocycles. The molecule has 37 heavy (non-hydrogen) atoms. The van der Waals surface area contributed by atoms with Crippen molar-refractivity contribution in [1.29, 1.82) is 0 Å². The summed E-state index contributed by atoms with van der Waals surface area (Å²) in [6.07, 6.45) is 1.71. The van der Waals surface area contributed by atoms with Crippen LogP contribution in [-0.2, 0) is 22.7 Å². The van der Waals surface area contributed by atoms with Crippen molar-refractivity contribution in [3.05, 3.63) is 75.8 Å². The largest absolute Gasteiger partial charge is 0.495 e. The number of nitrogens with zero attached hydrogens (tertiary/aromatic N) is 3. The number of ether oxygens (including phenoxy) is 1. The molecule has 5 rings (SSSR count). The average molecular weight is 561 g/mol. The third-order valence-corrected chi connectivity index (χ3v) is 9.96. The van der Waals surface area contributed by atoms with Crippen LogP contribution >= 0.6 is 23.2 Å². The maximum absolute atomic E-state index is 13.7. The first-order valence-electron chi connectivity index (χ1n) is 12.5. The smallest absolute Gasteiger partial charge is 0.210 e. The first-order chi connectivity index (χ1) is 17.8. The number of piperazine rings is 1. The highest BCUT2D eigenvalue weighted by Crippen LogP contribution is 2.35. The van der Waals surface area contributed by atoms with Gasteiger partial charge in [0.25, 0.3) is 0 Å². The zero-order valence-corrected chi connectivity index (χ0v) is 23.4. The van der Waals surface area contributed by atoms with Gasteiger partial charge in [0.15, 0.2) is 0 Å². The number of rotatable bonds is 5. The fraction of sp³-hybridized carbons (Fsp3) is 0.357. The van der Waals surface area contributed by atoms with Crippen molar-refractivity contribution in [3.8, 4) is 5.75 Å². The average Bonchev–Trinajstić information content (AvgIpc) is 3.10. The molecule has 0 atom stereocenters. The van der Waals surface area contributed by atoms with Crippen LogP contribution in [-0.4, -0.2) is 66.7 Å². The number of fused-ring (bicyclic) bond motifs is 1. The Morgan fingerprint density at radius 2 is 1.43 bits per heavy atom. The molecule has 3 aromatic carbocycles. The van der Waals surface area contributed by atoms with E-state index in [-0.39, 0.29) is 9.79 Å². The van der Waals surface area contributed by atoms with Gasteiger partial charge >= 0.3 is 0 Å². The van der Waals surface area contributed by atoms with Crippen molar-refractivity contribution in [2.45, 2.75) is 22.6 Å². The van der Waals surface area contributed by atoms with Crippen LogP contribution in [0.2, 0.25) is 10.0 Å². The van der Waals surface area contributed by atoms with Crippen LogP contribution in [0.1, 0.15) is 11.1 Å². The fourth-order valence-corrected chi connectivity index (χ4v) is 6.99. The van der Waals surface area contributed by atoms with Gasteiger partial charge in [0.1, 0.15) is 10.6 Å². The molecule has 1 fully saturated rings. The van der Waals surface area contributed by atoms with E-state index in [9.17, 15) is 8.42 Å². The molecule has 0 aliphatic carbocycles. The van der Waals surface area contributed by atoms with Crippen molar-refractivity contribution >= 4 is 44.4 Å². The Morgan fingerprint density at radius 3 is 2.08 bits per heavy atom. The lowest BCUT2D eigenvalue weighted by Gasteiger charge is -2.37. The van der Waals surface area contributed by atoms with Crippen molar-refractivity contribution in [2.75, 3.05) is 63.2 Å². The number of hydrogen-bond acceptors (Lipinski definition) is 6. The second-order valence-corrected chi connectivity index (χ2v) is 12.3. The van der Waals surface area contributed by atoms with E-state index in [0.717, 1.165) is 74.6 Å². The summed E-state index contributed by atoms with van der Waals surface area (Å²) in [7, 11) is -0.112. The highest BCUT2D eigenvalue weighted by atomic mass is 35.5. The van der Waals surface area contributed by atoms with Crippen LogP contribution < -0.4 is 14.5 Å². The lowest BCUT2D eigenvalue weighted by molar-refractivity contribution is 0.352. The van der Waals surface area contributed by atoms with Crippen LogP contribution in [0, 0.1) is 0 Å². The predicted octanol–water partition coefficient (Wildman–Crippen LogP) is 5.19. The Balaban J connectivity index is 1.34. The van der Waals surface area contributed by atoms with Crippen LogP contribution in [0.25, 0.3) is 0 Å². The van der Waals surface area contributed by atoms with Crippen molar-refractivity contribution in [3.63, 3.8) is 0 Å². The Labute approximate surface area is 229 Å². The monoisotopic (exact) mass is 559 g/mol. The van der Waals surface area contributed by atoms with E-state index >= 15 is 0 Å². The Hall–Kier alpha value is -2.45. The summed E-state index contributed by atoms with van der Waals surface area (Å²) in [4.78, 5) is 7.25. The highest BCUT2D eigenvalue weighted by molar-refractivity contribution is 7.91. The quantitative estimate of drug-likeness (QED) is 0.428. The second-order valence-electron chi connectivity index (χ2n) is 9.62. The van der Waals surface area contributed by atoms with Crippen LogP contribution in [0.5, 0.6) is 5.75 Å². The molecule has 0 unspecified atom stereocenters. The molecule has 2 aliphatic heterocycles. The molecule has 0 aromatic heterocycles. The van der Waals surface area contributed by atoms with Gasteiger partial charge in [-0.1, -0.05) is 29.3 Å². The molecule has 196 valence electrons. The topological polar surface area (TPSA) is 53.1 Å². The number of halogens is 2. The van der Waals surface area contributed by atoms with Gasteiger partial charge in [-0.05, 0) is 79.5 Å². The minimum atomic E-state index is -3.73. The van der Waals surface area contributed by atoms with Crippen LogP contribution in [0.15, 0.2) is 64.4 Å². The van der Waals surface area contributed by atoms with Crippen molar-refractivity contribution in [2.24, 2.45) is 0 Å². The van der Waals surface area contributed by atoms with Crippen molar-refractivity contribution in [1.82, 2.24) is 4.90 Å². The molecule has 2 heterocycles. The fourth-order valence-electron chi connectivity index (χ4n) is 5.12. The van der Waals surface area contributed by atoms with E-state index in [1.165, 1.54) is 7.11 Å². The van der Waals surface area contributed by atoms with E-state index in [4.69, 9.17) is 27.9 Å². The summed E-state index contributed by atoms with van der Waals surface area (Å²) in [5.74, 6) is 0.406. The molecule has 6 nitrogen and oxygen atoms in total. The van der Waals surface area contributed by atoms with Gasteiger partial charge in [-0.2, -0.15) is 0 Å². The van der Waals surface area contributed by atoms with Crippen molar-refractivity contribution < 1.29 is 13.2 Å². The maximum atomic E-state index is 13.7. The zero-order valence-electron chi connectivity index (χ0n) is 21.1. The van der Waals surface area contributed by atoms with Gasteiger partial charge in [0, 0.05) is 45.0 Å². The Bertz CT molecular complexity index is 1390. The second kappa shape index (κ2) is 10.7. The molecule has 0 amide bonds. The number of anilines is 2. The minimum absolute atomic E-state index is 0.234. The molecule has 0 N–H and O–H groups in total. The highest BCUT2D eigenvalue weighted by Gasteiger charge is 2.26. The number of sulfone groups is 1. The molecule has 0 bridgehead atoms. The summed E-state index contributed by atoms with van der Waals surface area (Å²) in [6.45, 7) is 5.03. The first-order valence-corrected chi connectivity index (χ1v) is 14.7. The number of methoxy groups -OCH3 is 1. The van der Waals surface area contributed by atoms with Gasteiger partial charge in [0.2, 0.25) is 9.84 Å².